The monoisotopic (exact) mass is 1050 g/mol. The van der Waals surface area contributed by atoms with Gasteiger partial charge in [-0.2, -0.15) is 0 Å². The largest absolute Gasteiger partial charge is 0.756 e. The highest BCUT2D eigenvalue weighted by Crippen LogP contribution is 2.38. The molecular weight excluding hydrogens is 928 g/mol. The summed E-state index contributed by atoms with van der Waals surface area (Å²) in [7, 11) is 1.12. The highest BCUT2D eigenvalue weighted by Gasteiger charge is 2.29. The molecule has 10 heteroatoms. The highest BCUT2D eigenvalue weighted by atomic mass is 31.2. The van der Waals surface area contributed by atoms with Gasteiger partial charge in [0.25, 0.3) is 7.82 Å². The predicted octanol–water partition coefficient (Wildman–Crippen LogP) is 18.1. The summed E-state index contributed by atoms with van der Waals surface area (Å²) in [5.74, 6) is -0.281. The first-order valence-electron chi connectivity index (χ1n) is 32.1. The van der Waals surface area contributed by atoms with Gasteiger partial charge in [-0.05, 0) is 38.5 Å². The second kappa shape index (κ2) is 54.6. The summed E-state index contributed by atoms with van der Waals surface area (Å²) < 4.78 is 23.3. The third-order valence-corrected chi connectivity index (χ3v) is 16.1. The zero-order valence-electron chi connectivity index (χ0n) is 49.5. The molecule has 0 aromatic carbocycles. The highest BCUT2D eigenvalue weighted by molar-refractivity contribution is 7.45. The molecule has 0 aliphatic rings. The summed E-state index contributed by atoms with van der Waals surface area (Å²) in [4.78, 5) is 25.5. The molecule has 4 atom stereocenters. The van der Waals surface area contributed by atoms with Crippen molar-refractivity contribution in [2.75, 3.05) is 40.9 Å². The number of amides is 1. The molecule has 0 saturated carbocycles. The van der Waals surface area contributed by atoms with E-state index in [-0.39, 0.29) is 18.9 Å². The van der Waals surface area contributed by atoms with Gasteiger partial charge < -0.3 is 34.0 Å². The lowest BCUT2D eigenvalue weighted by Gasteiger charge is -2.31. The van der Waals surface area contributed by atoms with Gasteiger partial charge in [0.1, 0.15) is 19.3 Å². The number of phosphoric acid groups is 1. The zero-order chi connectivity index (χ0) is 53.6. The minimum Gasteiger partial charge on any atom is -0.756 e. The Morgan fingerprint density at radius 1 is 0.479 bits per heavy atom. The molecule has 0 aromatic rings. The number of phosphoric ester groups is 1. The number of carbonyl (C=O) groups is 1. The molecule has 0 radical (unpaired) electrons. The first-order valence-corrected chi connectivity index (χ1v) is 33.6. The summed E-state index contributed by atoms with van der Waals surface area (Å²) in [5.41, 5.74) is 0. The van der Waals surface area contributed by atoms with Crippen LogP contribution in [0.2, 0.25) is 0 Å². The fourth-order valence-corrected chi connectivity index (χ4v) is 10.7. The number of unbranched alkanes of at least 4 members (excludes halogenated alkanes) is 44. The maximum Gasteiger partial charge on any atom is 0.268 e. The topological polar surface area (TPSA) is 128 Å². The molecule has 0 heterocycles. The molecule has 0 bridgehead atoms. The number of nitrogens with zero attached hydrogens (tertiary/aromatic N) is 1. The van der Waals surface area contributed by atoms with Gasteiger partial charge in [0.2, 0.25) is 5.91 Å². The predicted molar refractivity (Wildman–Crippen MR) is 313 cm³/mol. The lowest BCUT2D eigenvalue weighted by atomic mass is 10.0. The Kier molecular flexibility index (Phi) is 54.0. The maximum atomic E-state index is 13.0. The number of rotatable bonds is 60. The molecule has 1 amide bonds. The van der Waals surface area contributed by atoms with Crippen LogP contribution in [0.1, 0.15) is 328 Å². The van der Waals surface area contributed by atoms with Crippen molar-refractivity contribution in [3.8, 4) is 0 Å². The molecule has 9 nitrogen and oxygen atoms in total. The van der Waals surface area contributed by atoms with Crippen molar-refractivity contribution in [3.63, 3.8) is 0 Å². The van der Waals surface area contributed by atoms with Gasteiger partial charge in [0.15, 0.2) is 0 Å². The molecule has 436 valence electrons. The molecule has 73 heavy (non-hydrogen) atoms. The van der Waals surface area contributed by atoms with Gasteiger partial charge in [-0.3, -0.25) is 9.36 Å². The second-order valence-corrected chi connectivity index (χ2v) is 25.0. The Bertz CT molecular complexity index is 1210. The van der Waals surface area contributed by atoms with E-state index in [1.807, 2.05) is 21.1 Å². The quantitative estimate of drug-likeness (QED) is 0.0239. The van der Waals surface area contributed by atoms with Crippen molar-refractivity contribution < 1.29 is 38.0 Å². The lowest BCUT2D eigenvalue weighted by Crippen LogP contribution is -2.51. The summed E-state index contributed by atoms with van der Waals surface area (Å²) in [5, 5.41) is 24.7. The Balaban J connectivity index is 3.92. The Morgan fingerprint density at radius 2 is 0.781 bits per heavy atom. The van der Waals surface area contributed by atoms with Gasteiger partial charge >= 0.3 is 0 Å². The van der Waals surface area contributed by atoms with Gasteiger partial charge in [-0.15, -0.1) is 0 Å². The van der Waals surface area contributed by atoms with Gasteiger partial charge in [0, 0.05) is 6.42 Å². The van der Waals surface area contributed by atoms with E-state index in [0.29, 0.717) is 23.9 Å². The lowest BCUT2D eigenvalue weighted by molar-refractivity contribution is -0.870. The normalized spacial score (nSPS) is 14.2. The van der Waals surface area contributed by atoms with Crippen molar-refractivity contribution in [1.29, 1.82) is 0 Å². The summed E-state index contributed by atoms with van der Waals surface area (Å²) in [6.45, 7) is 4.45. The number of quaternary nitrogens is 1. The molecule has 4 unspecified atom stereocenters. The van der Waals surface area contributed by atoms with Gasteiger partial charge in [-0.25, -0.2) is 0 Å². The number of aliphatic hydroxyl groups is 2. The summed E-state index contributed by atoms with van der Waals surface area (Å²) in [6.07, 6.45) is 64.7. The van der Waals surface area contributed by atoms with Crippen molar-refractivity contribution in [1.82, 2.24) is 5.32 Å². The van der Waals surface area contributed by atoms with Crippen molar-refractivity contribution in [3.05, 3.63) is 12.2 Å². The van der Waals surface area contributed by atoms with E-state index >= 15 is 0 Å². The molecule has 0 spiro atoms. The molecule has 0 saturated heterocycles. The SMILES string of the molecule is CCCCCCCCC/C=C/CCCC(O)C(O)C(COP(=O)([O-])OCC[N+](C)(C)C)NC(=O)CCCCCCCCCCCCCCCCCCCCCCCCCCCCCCCCCCCCCCC. The van der Waals surface area contributed by atoms with Gasteiger partial charge in [-0.1, -0.05) is 296 Å². The smallest absolute Gasteiger partial charge is 0.268 e. The molecule has 0 aromatic heterocycles. The minimum atomic E-state index is -4.68. The van der Waals surface area contributed by atoms with Gasteiger partial charge in [0.05, 0.1) is 39.9 Å². The number of hydrogen-bond acceptors (Lipinski definition) is 7. The first kappa shape index (κ1) is 72.2. The van der Waals surface area contributed by atoms with E-state index in [0.717, 1.165) is 32.1 Å². The van der Waals surface area contributed by atoms with Crippen LogP contribution in [0.25, 0.3) is 0 Å². The number of likely N-dealkylation sites (N-methyl/N-ethyl adjacent to an activating group) is 1. The Hall–Kier alpha value is -0.800. The summed E-state index contributed by atoms with van der Waals surface area (Å²) >= 11 is 0. The fraction of sp³-hybridized carbons (Fsp3) is 0.952. The fourth-order valence-electron chi connectivity index (χ4n) is 10.0. The van der Waals surface area contributed by atoms with Crippen LogP contribution >= 0.6 is 7.82 Å². The van der Waals surface area contributed by atoms with E-state index in [9.17, 15) is 24.5 Å². The standard InChI is InChI=1S/C63H127N2O7P/c1-6-8-10-12-14-16-18-20-21-22-23-24-25-26-27-28-29-30-31-32-33-34-35-36-37-38-39-40-41-42-43-44-46-48-50-52-54-56-62(67)64-60(59-72-73(69,70)71-58-57-65(3,4)5)63(68)61(66)55-53-51-49-47-45-19-17-15-13-11-9-7-2/h47,49,60-61,63,66,68H,6-46,48,50-59H2,1-5H3,(H-,64,67,69,70)/b49-47+. The van der Waals surface area contributed by atoms with Crippen LogP contribution in [0.3, 0.4) is 0 Å². The van der Waals surface area contributed by atoms with E-state index in [1.54, 1.807) is 0 Å². The number of carbonyl (C=O) groups excluding carboxylic acids is 1. The molecule has 3 N–H and O–H groups in total. The van der Waals surface area contributed by atoms with Crippen LogP contribution in [0.4, 0.5) is 0 Å². The average Bonchev–Trinajstić information content (AvgIpc) is 3.35. The molecule has 0 aliphatic heterocycles. The average molecular weight is 1060 g/mol. The first-order chi connectivity index (χ1) is 35.4. The van der Waals surface area contributed by atoms with E-state index in [2.05, 4.69) is 31.3 Å². The van der Waals surface area contributed by atoms with Crippen molar-refractivity contribution in [2.45, 2.75) is 347 Å². The van der Waals surface area contributed by atoms with Crippen LogP contribution in [0.5, 0.6) is 0 Å². The number of allylic oxidation sites excluding steroid dienone is 2. The number of nitrogens with one attached hydrogen (secondary N) is 1. The van der Waals surface area contributed by atoms with Crippen LogP contribution in [0, 0.1) is 0 Å². The molecule has 0 fully saturated rings. The Labute approximate surface area is 455 Å². The zero-order valence-corrected chi connectivity index (χ0v) is 50.4. The Morgan fingerprint density at radius 3 is 1.11 bits per heavy atom. The number of aliphatic hydroxyl groups excluding tert-OH is 2. The molecule has 0 rings (SSSR count). The van der Waals surface area contributed by atoms with Crippen molar-refractivity contribution in [2.24, 2.45) is 0 Å². The molecular formula is C63H127N2O7P. The second-order valence-electron chi connectivity index (χ2n) is 23.6. The minimum absolute atomic E-state index is 0.0429. The van der Waals surface area contributed by atoms with Crippen LogP contribution < -0.4 is 10.2 Å². The van der Waals surface area contributed by atoms with E-state index in [4.69, 9.17) is 9.05 Å². The number of hydrogen-bond donors (Lipinski definition) is 3. The third-order valence-electron chi connectivity index (χ3n) is 15.1. The van der Waals surface area contributed by atoms with E-state index in [1.165, 1.54) is 263 Å². The van der Waals surface area contributed by atoms with Crippen molar-refractivity contribution >= 4 is 13.7 Å². The van der Waals surface area contributed by atoms with Crippen LogP contribution in [0.15, 0.2) is 12.2 Å². The maximum absolute atomic E-state index is 13.0. The van der Waals surface area contributed by atoms with E-state index < -0.39 is 32.7 Å². The summed E-state index contributed by atoms with van der Waals surface area (Å²) in [6, 6.07) is -1.09. The third kappa shape index (κ3) is 55.8. The molecule has 0 aliphatic carbocycles. The van der Waals surface area contributed by atoms with Crippen LogP contribution in [-0.4, -0.2) is 79.8 Å². The van der Waals surface area contributed by atoms with Crippen LogP contribution in [-0.2, 0) is 18.4 Å².